The van der Waals surface area contributed by atoms with Crippen LogP contribution in [0.3, 0.4) is 0 Å². The van der Waals surface area contributed by atoms with Crippen LogP contribution in [0.15, 0.2) is 30.5 Å². The van der Waals surface area contributed by atoms with E-state index in [2.05, 4.69) is 4.98 Å². The minimum atomic E-state index is -0.642. The standard InChI is InChI=1S/C22H26N2O6/c1-3-28-19-8-7-15(12-20(19)29-4-2)22(27)30-14-18(25)16-11-17(23-13-16)21(26)24-9-5-6-10-24/h7-8,11-13,23H,3-6,9-10,14H2,1-2H3. The average molecular weight is 414 g/mol. The number of hydrogen-bond acceptors (Lipinski definition) is 6. The number of carbonyl (C=O) groups is 3. The van der Waals surface area contributed by atoms with Gasteiger partial charge in [0, 0.05) is 24.8 Å². The maximum atomic E-state index is 12.4. The zero-order chi connectivity index (χ0) is 21.5. The number of Topliss-reactive ketones (excluding diaryl/α,β-unsaturated/α-hetero) is 1. The van der Waals surface area contributed by atoms with Gasteiger partial charge >= 0.3 is 5.97 Å². The van der Waals surface area contributed by atoms with Crippen LogP contribution in [-0.4, -0.2) is 60.5 Å². The van der Waals surface area contributed by atoms with Crippen LogP contribution in [0.4, 0.5) is 0 Å². The van der Waals surface area contributed by atoms with E-state index in [9.17, 15) is 14.4 Å². The quantitative estimate of drug-likeness (QED) is 0.500. The molecule has 3 rings (SSSR count). The van der Waals surface area contributed by atoms with Gasteiger partial charge in [-0.2, -0.15) is 0 Å². The van der Waals surface area contributed by atoms with Crippen LogP contribution >= 0.6 is 0 Å². The molecule has 1 aliphatic heterocycles. The van der Waals surface area contributed by atoms with Crippen molar-refractivity contribution in [3.63, 3.8) is 0 Å². The second-order valence-corrected chi connectivity index (χ2v) is 6.83. The summed E-state index contributed by atoms with van der Waals surface area (Å²) in [5, 5.41) is 0. The fourth-order valence-corrected chi connectivity index (χ4v) is 3.25. The lowest BCUT2D eigenvalue weighted by molar-refractivity contribution is 0.0474. The molecule has 1 aromatic heterocycles. The van der Waals surface area contributed by atoms with Crippen molar-refractivity contribution in [1.29, 1.82) is 0 Å². The minimum absolute atomic E-state index is 0.124. The number of carbonyl (C=O) groups excluding carboxylic acids is 3. The van der Waals surface area contributed by atoms with E-state index in [1.54, 1.807) is 17.0 Å². The van der Waals surface area contributed by atoms with Gasteiger partial charge in [0.2, 0.25) is 5.78 Å². The number of aromatic amines is 1. The number of nitrogens with one attached hydrogen (secondary N) is 1. The zero-order valence-corrected chi connectivity index (χ0v) is 17.2. The molecule has 2 aromatic rings. The summed E-state index contributed by atoms with van der Waals surface area (Å²) in [5.41, 5.74) is 0.917. The Balaban J connectivity index is 1.60. The third kappa shape index (κ3) is 5.00. The first-order valence-corrected chi connectivity index (χ1v) is 10.1. The summed E-state index contributed by atoms with van der Waals surface area (Å²) in [6.07, 6.45) is 3.44. The first-order chi connectivity index (χ1) is 14.5. The molecule has 1 N–H and O–H groups in total. The molecular weight excluding hydrogens is 388 g/mol. The summed E-state index contributed by atoms with van der Waals surface area (Å²) in [7, 11) is 0. The van der Waals surface area contributed by atoms with Crippen molar-refractivity contribution in [1.82, 2.24) is 9.88 Å². The van der Waals surface area contributed by atoms with Gasteiger partial charge in [-0.25, -0.2) is 4.79 Å². The van der Waals surface area contributed by atoms with Crippen molar-refractivity contribution in [2.75, 3.05) is 32.9 Å². The van der Waals surface area contributed by atoms with Crippen molar-refractivity contribution < 1.29 is 28.6 Å². The molecule has 1 fully saturated rings. The van der Waals surface area contributed by atoms with Gasteiger partial charge in [-0.05, 0) is 51.0 Å². The smallest absolute Gasteiger partial charge is 0.338 e. The number of likely N-dealkylation sites (tertiary alicyclic amines) is 1. The van der Waals surface area contributed by atoms with Gasteiger partial charge in [0.1, 0.15) is 5.69 Å². The zero-order valence-electron chi connectivity index (χ0n) is 17.2. The fourth-order valence-electron chi connectivity index (χ4n) is 3.25. The van der Waals surface area contributed by atoms with E-state index in [1.807, 2.05) is 13.8 Å². The van der Waals surface area contributed by atoms with Gasteiger partial charge in [0.25, 0.3) is 5.91 Å². The highest BCUT2D eigenvalue weighted by Gasteiger charge is 2.22. The Morgan fingerprint density at radius 3 is 2.37 bits per heavy atom. The molecule has 8 heteroatoms. The number of rotatable bonds is 9. The SMILES string of the molecule is CCOc1ccc(C(=O)OCC(=O)c2c[nH]c(C(=O)N3CCCC3)c2)cc1OCC. The third-order valence-electron chi connectivity index (χ3n) is 4.74. The molecule has 0 spiro atoms. The predicted octanol–water partition coefficient (Wildman–Crippen LogP) is 3.09. The van der Waals surface area contributed by atoms with Crippen molar-refractivity contribution in [3.05, 3.63) is 47.3 Å². The third-order valence-corrected chi connectivity index (χ3v) is 4.74. The maximum absolute atomic E-state index is 12.4. The summed E-state index contributed by atoms with van der Waals surface area (Å²) in [6.45, 7) is 5.61. The molecule has 0 saturated carbocycles. The number of nitrogens with zero attached hydrogens (tertiary/aromatic N) is 1. The second-order valence-electron chi connectivity index (χ2n) is 6.83. The average Bonchev–Trinajstić information content (AvgIpc) is 3.45. The molecule has 1 saturated heterocycles. The Hall–Kier alpha value is -3.29. The van der Waals surface area contributed by atoms with Gasteiger partial charge in [-0.15, -0.1) is 0 Å². The van der Waals surface area contributed by atoms with Crippen LogP contribution in [0.5, 0.6) is 11.5 Å². The number of esters is 1. The number of ether oxygens (including phenoxy) is 3. The van der Waals surface area contributed by atoms with E-state index in [4.69, 9.17) is 14.2 Å². The van der Waals surface area contributed by atoms with Crippen LogP contribution < -0.4 is 9.47 Å². The summed E-state index contributed by atoms with van der Waals surface area (Å²) in [6, 6.07) is 6.23. The summed E-state index contributed by atoms with van der Waals surface area (Å²) >= 11 is 0. The molecule has 8 nitrogen and oxygen atoms in total. The van der Waals surface area contributed by atoms with E-state index in [1.165, 1.54) is 18.3 Å². The van der Waals surface area contributed by atoms with Crippen molar-refractivity contribution in [2.45, 2.75) is 26.7 Å². The van der Waals surface area contributed by atoms with E-state index < -0.39 is 18.4 Å². The monoisotopic (exact) mass is 414 g/mol. The first-order valence-electron chi connectivity index (χ1n) is 10.1. The lowest BCUT2D eigenvalue weighted by Gasteiger charge is -2.13. The molecule has 2 heterocycles. The molecule has 1 aromatic carbocycles. The summed E-state index contributed by atoms with van der Waals surface area (Å²) in [5.74, 6) is -0.181. The van der Waals surface area contributed by atoms with Gasteiger partial charge in [0.15, 0.2) is 18.1 Å². The summed E-state index contributed by atoms with van der Waals surface area (Å²) < 4.78 is 16.1. The number of amides is 1. The highest BCUT2D eigenvalue weighted by Crippen LogP contribution is 2.28. The lowest BCUT2D eigenvalue weighted by atomic mass is 10.2. The van der Waals surface area contributed by atoms with Crippen LogP contribution in [0.25, 0.3) is 0 Å². The highest BCUT2D eigenvalue weighted by atomic mass is 16.5. The van der Waals surface area contributed by atoms with Crippen LogP contribution in [0.2, 0.25) is 0 Å². The van der Waals surface area contributed by atoms with Crippen molar-refractivity contribution in [2.24, 2.45) is 0 Å². The molecule has 0 bridgehead atoms. The van der Waals surface area contributed by atoms with Crippen molar-refractivity contribution in [3.8, 4) is 11.5 Å². The number of aromatic nitrogens is 1. The van der Waals surface area contributed by atoms with E-state index in [0.717, 1.165) is 25.9 Å². The Morgan fingerprint density at radius 1 is 0.967 bits per heavy atom. The number of hydrogen-bond donors (Lipinski definition) is 1. The molecule has 160 valence electrons. The van der Waals surface area contributed by atoms with Crippen molar-refractivity contribution >= 4 is 17.7 Å². The molecule has 0 unspecified atom stereocenters. The van der Waals surface area contributed by atoms with Gasteiger partial charge < -0.3 is 24.1 Å². The minimum Gasteiger partial charge on any atom is -0.490 e. The highest BCUT2D eigenvalue weighted by molar-refractivity contribution is 6.02. The molecule has 30 heavy (non-hydrogen) atoms. The number of benzene rings is 1. The van der Waals surface area contributed by atoms with Crippen LogP contribution in [-0.2, 0) is 4.74 Å². The van der Waals surface area contributed by atoms with Crippen LogP contribution in [0.1, 0.15) is 57.9 Å². The van der Waals surface area contributed by atoms with Gasteiger partial charge in [-0.1, -0.05) is 0 Å². The van der Waals surface area contributed by atoms with Gasteiger partial charge in [-0.3, -0.25) is 9.59 Å². The van der Waals surface area contributed by atoms with E-state index in [0.29, 0.717) is 36.0 Å². The molecule has 0 aliphatic carbocycles. The first kappa shape index (κ1) is 21.4. The molecule has 0 atom stereocenters. The van der Waals surface area contributed by atoms with E-state index in [-0.39, 0.29) is 11.5 Å². The Kier molecular flexibility index (Phi) is 7.11. The lowest BCUT2D eigenvalue weighted by Crippen LogP contribution is -2.27. The van der Waals surface area contributed by atoms with E-state index >= 15 is 0 Å². The normalized spacial score (nSPS) is 13.2. The maximum Gasteiger partial charge on any atom is 0.338 e. The molecule has 1 amide bonds. The fraction of sp³-hybridized carbons (Fsp3) is 0.409. The molecular formula is C22H26N2O6. The largest absolute Gasteiger partial charge is 0.490 e. The van der Waals surface area contributed by atoms with Gasteiger partial charge in [0.05, 0.1) is 18.8 Å². The summed E-state index contributed by atoms with van der Waals surface area (Å²) in [4.78, 5) is 41.7. The predicted molar refractivity (Wildman–Crippen MR) is 109 cm³/mol. The number of ketones is 1. The molecule has 0 radical (unpaired) electrons. The van der Waals surface area contributed by atoms with Crippen LogP contribution in [0, 0.1) is 0 Å². The Labute approximate surface area is 175 Å². The Bertz CT molecular complexity index is 914. The topological polar surface area (TPSA) is 97.9 Å². The second kappa shape index (κ2) is 9.96. The number of H-pyrrole nitrogens is 1. The molecule has 1 aliphatic rings. The Morgan fingerprint density at radius 2 is 1.67 bits per heavy atom.